The number of aromatic nitrogens is 3. The summed E-state index contributed by atoms with van der Waals surface area (Å²) in [4.78, 5) is 33.5. The van der Waals surface area contributed by atoms with E-state index in [1.54, 1.807) is 23.6 Å². The summed E-state index contributed by atoms with van der Waals surface area (Å²) in [6.07, 6.45) is 3.00. The van der Waals surface area contributed by atoms with Gasteiger partial charge in [0.2, 0.25) is 0 Å². The molecule has 0 spiro atoms. The average molecular weight is 379 g/mol. The van der Waals surface area contributed by atoms with Gasteiger partial charge in [0.25, 0.3) is 11.5 Å². The van der Waals surface area contributed by atoms with Crippen LogP contribution in [-0.2, 0) is 0 Å². The minimum atomic E-state index is -0.436. The van der Waals surface area contributed by atoms with Crippen molar-refractivity contribution < 1.29 is 4.79 Å². The number of benzene rings is 1. The van der Waals surface area contributed by atoms with E-state index < -0.39 is 5.91 Å². The van der Waals surface area contributed by atoms with E-state index in [0.717, 1.165) is 20.9 Å². The van der Waals surface area contributed by atoms with E-state index in [1.807, 2.05) is 37.3 Å². The van der Waals surface area contributed by atoms with Crippen LogP contribution in [0, 0.1) is 6.92 Å². The maximum Gasteiger partial charge on any atom is 0.270 e. The molecule has 7 nitrogen and oxygen atoms in total. The summed E-state index contributed by atoms with van der Waals surface area (Å²) in [5, 5.41) is 6.73. The highest BCUT2D eigenvalue weighted by Gasteiger charge is 2.13. The molecule has 0 saturated heterocycles. The number of rotatable bonds is 5. The first-order valence-corrected chi connectivity index (χ1v) is 9.29. The van der Waals surface area contributed by atoms with Crippen molar-refractivity contribution in [3.63, 3.8) is 0 Å². The van der Waals surface area contributed by atoms with Crippen molar-refractivity contribution in [2.24, 2.45) is 0 Å². The third-order valence-electron chi connectivity index (χ3n) is 4.08. The third-order valence-corrected chi connectivity index (χ3v) is 5.07. The average Bonchev–Trinajstić information content (AvgIpc) is 3.08. The zero-order valence-electron chi connectivity index (χ0n) is 14.6. The fourth-order valence-corrected chi connectivity index (χ4v) is 3.62. The van der Waals surface area contributed by atoms with Gasteiger partial charge in [0.05, 0.1) is 10.2 Å². The number of amides is 1. The zero-order valence-corrected chi connectivity index (χ0v) is 15.4. The molecule has 8 heteroatoms. The van der Waals surface area contributed by atoms with Gasteiger partial charge in [0.15, 0.2) is 5.13 Å². The van der Waals surface area contributed by atoms with Gasteiger partial charge >= 0.3 is 0 Å². The smallest absolute Gasteiger partial charge is 0.270 e. The first kappa shape index (κ1) is 17.2. The Labute approximate surface area is 158 Å². The number of anilines is 1. The molecule has 27 heavy (non-hydrogen) atoms. The molecule has 136 valence electrons. The van der Waals surface area contributed by atoms with E-state index in [-0.39, 0.29) is 11.1 Å². The summed E-state index contributed by atoms with van der Waals surface area (Å²) in [5.41, 5.74) is 2.03. The Morgan fingerprint density at radius 1 is 1.19 bits per heavy atom. The predicted octanol–water partition coefficient (Wildman–Crippen LogP) is 2.45. The Bertz CT molecular complexity index is 1160. The Morgan fingerprint density at radius 3 is 2.89 bits per heavy atom. The number of nitrogens with zero attached hydrogens (tertiary/aromatic N) is 3. The van der Waals surface area contributed by atoms with Crippen LogP contribution >= 0.6 is 11.3 Å². The van der Waals surface area contributed by atoms with Crippen LogP contribution in [0.25, 0.3) is 15.9 Å². The molecular formula is C19H17N5O2S. The normalized spacial score (nSPS) is 11.0. The van der Waals surface area contributed by atoms with Gasteiger partial charge in [0.1, 0.15) is 11.2 Å². The molecule has 2 N–H and O–H groups in total. The van der Waals surface area contributed by atoms with Gasteiger partial charge in [-0.3, -0.25) is 14.0 Å². The number of thiazole rings is 1. The van der Waals surface area contributed by atoms with E-state index in [4.69, 9.17) is 0 Å². The zero-order chi connectivity index (χ0) is 18.8. The predicted molar refractivity (Wildman–Crippen MR) is 107 cm³/mol. The van der Waals surface area contributed by atoms with Crippen molar-refractivity contribution >= 4 is 38.2 Å². The van der Waals surface area contributed by atoms with Crippen LogP contribution in [0.4, 0.5) is 5.13 Å². The van der Waals surface area contributed by atoms with Crippen molar-refractivity contribution in [2.45, 2.75) is 6.92 Å². The topological polar surface area (TPSA) is 88.4 Å². The lowest BCUT2D eigenvalue weighted by Crippen LogP contribution is -2.34. The second kappa shape index (κ2) is 7.16. The highest BCUT2D eigenvalue weighted by atomic mass is 32.1. The fraction of sp³-hybridized carbons (Fsp3) is 0.158. The number of fused-ring (bicyclic) bond motifs is 2. The van der Waals surface area contributed by atoms with Gasteiger partial charge in [-0.05, 0) is 30.7 Å². The molecule has 3 heterocycles. The third kappa shape index (κ3) is 3.52. The van der Waals surface area contributed by atoms with Gasteiger partial charge in [0, 0.05) is 25.5 Å². The van der Waals surface area contributed by atoms with Crippen molar-refractivity contribution in [1.29, 1.82) is 0 Å². The summed E-state index contributed by atoms with van der Waals surface area (Å²) in [6.45, 7) is 2.75. The minimum Gasteiger partial charge on any atom is -0.360 e. The van der Waals surface area contributed by atoms with E-state index in [1.165, 1.54) is 10.6 Å². The Kier molecular flexibility index (Phi) is 4.55. The molecule has 3 aromatic heterocycles. The molecule has 0 aliphatic rings. The van der Waals surface area contributed by atoms with E-state index in [2.05, 4.69) is 20.6 Å². The quantitative estimate of drug-likeness (QED) is 0.520. The standard InChI is InChI=1S/C19H17N5O2S/c1-12-6-7-16-22-10-13(18(26)24(16)11-12)17(25)20-8-9-21-19-23-14-4-2-3-5-15(14)27-19/h2-7,10-11H,8-9H2,1H3,(H,20,25)(H,21,23). The molecule has 0 fully saturated rings. The molecule has 0 unspecified atom stereocenters. The number of carbonyl (C=O) groups excluding carboxylic acids is 1. The highest BCUT2D eigenvalue weighted by molar-refractivity contribution is 7.22. The van der Waals surface area contributed by atoms with Crippen LogP contribution in [0.1, 0.15) is 15.9 Å². The molecule has 0 aliphatic carbocycles. The van der Waals surface area contributed by atoms with Gasteiger partial charge in [-0.1, -0.05) is 29.5 Å². The molecular weight excluding hydrogens is 362 g/mol. The van der Waals surface area contributed by atoms with Crippen LogP contribution in [0.15, 0.2) is 53.6 Å². The maximum atomic E-state index is 12.5. The van der Waals surface area contributed by atoms with Gasteiger partial charge in [-0.15, -0.1) is 0 Å². The van der Waals surface area contributed by atoms with E-state index in [9.17, 15) is 9.59 Å². The van der Waals surface area contributed by atoms with E-state index in [0.29, 0.717) is 18.7 Å². The lowest BCUT2D eigenvalue weighted by molar-refractivity contribution is 0.0953. The summed E-state index contributed by atoms with van der Waals surface area (Å²) >= 11 is 1.56. The largest absolute Gasteiger partial charge is 0.360 e. The monoisotopic (exact) mass is 379 g/mol. The summed E-state index contributed by atoms with van der Waals surface area (Å²) < 4.78 is 2.50. The Hall–Kier alpha value is -3.26. The first-order chi connectivity index (χ1) is 13.1. The first-order valence-electron chi connectivity index (χ1n) is 8.47. The minimum absolute atomic E-state index is 0.0260. The van der Waals surface area contributed by atoms with Crippen molar-refractivity contribution in [1.82, 2.24) is 19.7 Å². The number of hydrogen-bond acceptors (Lipinski definition) is 6. The summed E-state index contributed by atoms with van der Waals surface area (Å²) in [7, 11) is 0. The molecule has 0 atom stereocenters. The van der Waals surface area contributed by atoms with Crippen LogP contribution in [0.2, 0.25) is 0 Å². The second-order valence-electron chi connectivity index (χ2n) is 6.08. The van der Waals surface area contributed by atoms with Crippen molar-refractivity contribution in [3.05, 3.63) is 70.3 Å². The molecule has 1 amide bonds. The number of hydrogen-bond donors (Lipinski definition) is 2. The molecule has 0 bridgehead atoms. The van der Waals surface area contributed by atoms with Crippen LogP contribution in [0.3, 0.4) is 0 Å². The van der Waals surface area contributed by atoms with Crippen LogP contribution < -0.4 is 16.2 Å². The highest BCUT2D eigenvalue weighted by Crippen LogP contribution is 2.24. The number of pyridine rings is 1. The van der Waals surface area contributed by atoms with Crippen molar-refractivity contribution in [2.75, 3.05) is 18.4 Å². The number of carbonyl (C=O) groups is 1. The van der Waals surface area contributed by atoms with Crippen LogP contribution in [0.5, 0.6) is 0 Å². The molecule has 0 radical (unpaired) electrons. The molecule has 0 saturated carbocycles. The van der Waals surface area contributed by atoms with Gasteiger partial charge in [-0.25, -0.2) is 9.97 Å². The molecule has 1 aromatic carbocycles. The maximum absolute atomic E-state index is 12.5. The number of para-hydroxylation sites is 1. The summed E-state index contributed by atoms with van der Waals surface area (Å²) in [5.74, 6) is -0.436. The van der Waals surface area contributed by atoms with Gasteiger partial charge in [-0.2, -0.15) is 0 Å². The van der Waals surface area contributed by atoms with Crippen molar-refractivity contribution in [3.8, 4) is 0 Å². The Morgan fingerprint density at radius 2 is 2.04 bits per heavy atom. The second-order valence-corrected chi connectivity index (χ2v) is 7.11. The molecule has 0 aliphatic heterocycles. The molecule has 4 aromatic rings. The molecule has 4 rings (SSSR count). The van der Waals surface area contributed by atoms with Crippen LogP contribution in [-0.4, -0.2) is 33.4 Å². The Balaban J connectivity index is 1.40. The summed E-state index contributed by atoms with van der Waals surface area (Å²) in [6, 6.07) is 11.5. The SMILES string of the molecule is Cc1ccc2ncc(C(=O)NCCNc3nc4ccccc4s3)c(=O)n2c1. The van der Waals surface area contributed by atoms with Gasteiger partial charge < -0.3 is 10.6 Å². The number of nitrogens with one attached hydrogen (secondary N) is 2. The number of aryl methyl sites for hydroxylation is 1. The lowest BCUT2D eigenvalue weighted by Gasteiger charge is -2.07. The lowest BCUT2D eigenvalue weighted by atomic mass is 10.2. The fourth-order valence-electron chi connectivity index (χ4n) is 2.73. The van der Waals surface area contributed by atoms with E-state index >= 15 is 0 Å².